The number of aromatic nitrogens is 2. The zero-order chi connectivity index (χ0) is 37.0. The van der Waals surface area contributed by atoms with Gasteiger partial charge >= 0.3 is 0 Å². The van der Waals surface area contributed by atoms with Crippen LogP contribution in [0, 0.1) is 0 Å². The van der Waals surface area contributed by atoms with Crippen LogP contribution < -0.4 is 4.74 Å². The third-order valence-electron chi connectivity index (χ3n) is 11.0. The molecular formula is C52H34N2O2. The average molecular weight is 719 g/mol. The van der Waals surface area contributed by atoms with E-state index >= 15 is 0 Å². The number of ether oxygens (including phenoxy) is 1. The van der Waals surface area contributed by atoms with E-state index < -0.39 is 0 Å². The minimum Gasteiger partial charge on any atom is -0.484 e. The van der Waals surface area contributed by atoms with Crippen molar-refractivity contribution in [1.82, 2.24) is 9.97 Å². The largest absolute Gasteiger partial charge is 0.484 e. The number of furan rings is 1. The molecule has 2 aliphatic rings. The van der Waals surface area contributed by atoms with Gasteiger partial charge in [0.1, 0.15) is 23.0 Å². The summed E-state index contributed by atoms with van der Waals surface area (Å²) in [6.07, 6.45) is 6.68. The Labute approximate surface area is 324 Å². The fourth-order valence-corrected chi connectivity index (χ4v) is 8.26. The molecule has 1 aliphatic heterocycles. The first-order valence-electron chi connectivity index (χ1n) is 19.0. The summed E-state index contributed by atoms with van der Waals surface area (Å²) in [4.78, 5) is 10.1. The predicted octanol–water partition coefficient (Wildman–Crippen LogP) is 13.2. The molecule has 0 bridgehead atoms. The van der Waals surface area contributed by atoms with Crippen molar-refractivity contribution >= 4 is 27.5 Å². The molecule has 0 saturated carbocycles. The lowest BCUT2D eigenvalue weighted by Gasteiger charge is -2.18. The van der Waals surface area contributed by atoms with Crippen LogP contribution in [0.1, 0.15) is 17.0 Å². The quantitative estimate of drug-likeness (QED) is 0.172. The molecule has 0 fully saturated rings. The van der Waals surface area contributed by atoms with Crippen molar-refractivity contribution in [3.8, 4) is 61.9 Å². The normalized spacial score (nSPS) is 15.7. The number of nitrogens with zero attached hydrogens (tertiary/aromatic N) is 2. The van der Waals surface area contributed by atoms with Gasteiger partial charge < -0.3 is 9.15 Å². The van der Waals surface area contributed by atoms with Gasteiger partial charge in [0.05, 0.1) is 17.0 Å². The summed E-state index contributed by atoms with van der Waals surface area (Å²) in [5, 5.41) is 2.16. The van der Waals surface area contributed by atoms with Crippen LogP contribution >= 0.6 is 0 Å². The van der Waals surface area contributed by atoms with Crippen molar-refractivity contribution in [1.29, 1.82) is 0 Å². The standard InChI is InChI=1S/C52H34N2O2/c1-5-14-33(15-6-1)38-24-26-47-41(29-38)43-31-44-42-30-39(25-27-48(42)56-51(44)49(50(43)55-47)35-18-9-3-10-19-35)37-22-13-23-40(28-37)46-32-45(34-16-7-2-8-17-34)53-52(54-46)36-20-11-4-12-21-36/h1-32,41,47H. The second-order valence-corrected chi connectivity index (χ2v) is 14.5. The number of rotatable bonds is 6. The maximum Gasteiger partial charge on any atom is 0.160 e. The van der Waals surface area contributed by atoms with E-state index in [1.165, 1.54) is 16.7 Å². The van der Waals surface area contributed by atoms with Crippen molar-refractivity contribution < 1.29 is 9.15 Å². The summed E-state index contributed by atoms with van der Waals surface area (Å²) in [7, 11) is 0. The Morgan fingerprint density at radius 2 is 1.07 bits per heavy atom. The van der Waals surface area contributed by atoms with Crippen molar-refractivity contribution in [2.75, 3.05) is 0 Å². The summed E-state index contributed by atoms with van der Waals surface area (Å²) in [6.45, 7) is 0. The molecule has 7 aromatic carbocycles. The van der Waals surface area contributed by atoms with E-state index in [1.54, 1.807) is 0 Å². The molecule has 0 radical (unpaired) electrons. The minimum absolute atomic E-state index is 0.0799. The van der Waals surface area contributed by atoms with Gasteiger partial charge in [0.2, 0.25) is 0 Å². The van der Waals surface area contributed by atoms with E-state index in [0.717, 1.165) is 78.0 Å². The van der Waals surface area contributed by atoms with Crippen LogP contribution in [0.5, 0.6) is 5.75 Å². The van der Waals surface area contributed by atoms with Crippen LogP contribution in [0.3, 0.4) is 0 Å². The van der Waals surface area contributed by atoms with Crippen LogP contribution in [0.2, 0.25) is 0 Å². The molecule has 1 aliphatic carbocycles. The van der Waals surface area contributed by atoms with E-state index in [1.807, 2.05) is 42.5 Å². The zero-order valence-electron chi connectivity index (χ0n) is 30.3. The van der Waals surface area contributed by atoms with E-state index in [2.05, 4.69) is 152 Å². The number of benzene rings is 7. The van der Waals surface area contributed by atoms with Gasteiger partial charge in [-0.25, -0.2) is 9.97 Å². The van der Waals surface area contributed by atoms with E-state index in [0.29, 0.717) is 5.82 Å². The molecule has 11 rings (SSSR count). The molecule has 2 unspecified atom stereocenters. The Morgan fingerprint density at radius 3 is 1.80 bits per heavy atom. The highest BCUT2D eigenvalue weighted by molar-refractivity contribution is 6.12. The smallest absolute Gasteiger partial charge is 0.160 e. The maximum atomic E-state index is 6.80. The molecule has 56 heavy (non-hydrogen) atoms. The number of allylic oxidation sites excluding steroid dienone is 2. The Bertz CT molecular complexity index is 2930. The number of hydrogen-bond acceptors (Lipinski definition) is 4. The third kappa shape index (κ3) is 5.54. The highest BCUT2D eigenvalue weighted by Crippen LogP contribution is 2.52. The fraction of sp³-hybridized carbons (Fsp3) is 0.0385. The first-order chi connectivity index (χ1) is 27.7. The van der Waals surface area contributed by atoms with Crippen molar-refractivity contribution in [2.45, 2.75) is 12.0 Å². The van der Waals surface area contributed by atoms with E-state index in [9.17, 15) is 0 Å². The molecule has 0 saturated heterocycles. The van der Waals surface area contributed by atoms with E-state index in [-0.39, 0.29) is 12.0 Å². The van der Waals surface area contributed by atoms with Crippen LogP contribution in [0.25, 0.3) is 83.7 Å². The number of fused-ring (bicyclic) bond motifs is 6. The second kappa shape index (κ2) is 13.2. The molecule has 0 N–H and O–H groups in total. The van der Waals surface area contributed by atoms with E-state index in [4.69, 9.17) is 19.1 Å². The van der Waals surface area contributed by atoms with Gasteiger partial charge in [-0.05, 0) is 64.2 Å². The average Bonchev–Trinajstić information content (AvgIpc) is 3.83. The number of hydrogen-bond donors (Lipinski definition) is 0. The fourth-order valence-electron chi connectivity index (χ4n) is 8.26. The maximum absolute atomic E-state index is 6.80. The summed E-state index contributed by atoms with van der Waals surface area (Å²) < 4.78 is 13.6. The van der Waals surface area contributed by atoms with Gasteiger partial charge in [-0.2, -0.15) is 0 Å². The van der Waals surface area contributed by atoms with Gasteiger partial charge in [0.15, 0.2) is 5.82 Å². The molecule has 9 aromatic rings. The van der Waals surface area contributed by atoms with Crippen LogP contribution in [-0.2, 0) is 0 Å². The first kappa shape index (κ1) is 32.2. The lowest BCUT2D eigenvalue weighted by molar-refractivity contribution is 0.270. The first-order valence-corrected chi connectivity index (χ1v) is 19.0. The summed E-state index contributed by atoms with van der Waals surface area (Å²) in [5.74, 6) is 1.68. The third-order valence-corrected chi connectivity index (χ3v) is 11.0. The molecule has 0 amide bonds. The SMILES string of the molecule is C1=CC2Oc3c(cc4c(oc5ccc(-c6cccc(-c7cc(-c8ccccc8)nc(-c8ccccc8)n7)c6)cc54)c3-c3ccccc3)C2C=C1c1ccccc1. The van der Waals surface area contributed by atoms with Crippen molar-refractivity contribution in [2.24, 2.45) is 0 Å². The Balaban J connectivity index is 1.05. The molecule has 0 spiro atoms. The predicted molar refractivity (Wildman–Crippen MR) is 227 cm³/mol. The molecule has 3 heterocycles. The highest BCUT2D eigenvalue weighted by Gasteiger charge is 2.37. The van der Waals surface area contributed by atoms with Gasteiger partial charge in [-0.3, -0.25) is 0 Å². The monoisotopic (exact) mass is 718 g/mol. The summed E-state index contributed by atoms with van der Waals surface area (Å²) in [5.41, 5.74) is 14.4. The topological polar surface area (TPSA) is 48.2 Å². The highest BCUT2D eigenvalue weighted by atomic mass is 16.5. The van der Waals surface area contributed by atoms with Crippen molar-refractivity contribution in [3.63, 3.8) is 0 Å². The Hall–Kier alpha value is -7.30. The summed E-state index contributed by atoms with van der Waals surface area (Å²) in [6, 6.07) is 61.1. The molecule has 4 heteroatoms. The Kier molecular flexibility index (Phi) is 7.59. The summed E-state index contributed by atoms with van der Waals surface area (Å²) >= 11 is 0. The zero-order valence-corrected chi connectivity index (χ0v) is 30.3. The van der Waals surface area contributed by atoms with Gasteiger partial charge in [0.25, 0.3) is 0 Å². The van der Waals surface area contributed by atoms with Gasteiger partial charge in [-0.15, -0.1) is 0 Å². The van der Waals surface area contributed by atoms with Gasteiger partial charge in [-0.1, -0.05) is 158 Å². The van der Waals surface area contributed by atoms with Crippen LogP contribution in [0.15, 0.2) is 199 Å². The lowest BCUT2D eigenvalue weighted by atomic mass is 9.85. The lowest BCUT2D eigenvalue weighted by Crippen LogP contribution is -2.17. The van der Waals surface area contributed by atoms with Crippen molar-refractivity contribution in [3.05, 3.63) is 205 Å². The van der Waals surface area contributed by atoms with Crippen LogP contribution in [0.4, 0.5) is 0 Å². The molecule has 4 nitrogen and oxygen atoms in total. The van der Waals surface area contributed by atoms with Crippen LogP contribution in [-0.4, -0.2) is 16.1 Å². The minimum atomic E-state index is -0.0809. The Morgan fingerprint density at radius 1 is 0.464 bits per heavy atom. The molecule has 2 aromatic heterocycles. The molecule has 2 atom stereocenters. The second-order valence-electron chi connectivity index (χ2n) is 14.5. The molecule has 264 valence electrons. The van der Waals surface area contributed by atoms with Gasteiger partial charge in [0, 0.05) is 38.9 Å². The molecular weight excluding hydrogens is 685 g/mol.